The molecular formula is C8H7Cl2F. The van der Waals surface area contributed by atoms with Crippen molar-refractivity contribution in [3.05, 3.63) is 34.1 Å². The topological polar surface area (TPSA) is 0 Å². The van der Waals surface area contributed by atoms with Crippen LogP contribution < -0.4 is 0 Å². The Bertz CT molecular complexity index is 248. The highest BCUT2D eigenvalue weighted by molar-refractivity contribution is 6.31. The molecule has 60 valence electrons. The maximum absolute atomic E-state index is 12.9. The van der Waals surface area contributed by atoms with Crippen LogP contribution in [0.3, 0.4) is 0 Å². The van der Waals surface area contributed by atoms with Crippen molar-refractivity contribution in [1.82, 2.24) is 0 Å². The molecule has 0 saturated heterocycles. The summed E-state index contributed by atoms with van der Waals surface area (Å²) in [7, 11) is 0. The second kappa shape index (κ2) is 3.42. The minimum atomic E-state index is -0.298. The molecule has 0 unspecified atom stereocenters. The number of benzene rings is 1. The van der Waals surface area contributed by atoms with Gasteiger partial charge in [0.25, 0.3) is 0 Å². The van der Waals surface area contributed by atoms with Crippen molar-refractivity contribution in [2.75, 3.05) is 0 Å². The molecule has 0 aliphatic carbocycles. The number of halogens is 3. The lowest BCUT2D eigenvalue weighted by Gasteiger charge is -2.01. The van der Waals surface area contributed by atoms with Gasteiger partial charge in [-0.1, -0.05) is 11.6 Å². The van der Waals surface area contributed by atoms with Crippen molar-refractivity contribution in [3.8, 4) is 0 Å². The minimum absolute atomic E-state index is 0.289. The fourth-order valence-corrected chi connectivity index (χ4v) is 1.16. The van der Waals surface area contributed by atoms with Crippen molar-refractivity contribution >= 4 is 23.2 Å². The smallest absolute Gasteiger partial charge is 0.127 e. The molecule has 0 bridgehead atoms. The van der Waals surface area contributed by atoms with Gasteiger partial charge in [-0.25, -0.2) is 4.39 Å². The Morgan fingerprint density at radius 1 is 1.45 bits per heavy atom. The molecule has 0 aromatic heterocycles. The molecule has 0 atom stereocenters. The highest BCUT2D eigenvalue weighted by atomic mass is 35.5. The van der Waals surface area contributed by atoms with Gasteiger partial charge in [-0.05, 0) is 24.6 Å². The largest absolute Gasteiger partial charge is 0.207 e. The predicted octanol–water partition coefficient (Wildman–Crippen LogP) is 3.53. The van der Waals surface area contributed by atoms with E-state index in [1.165, 1.54) is 6.07 Å². The molecule has 0 fully saturated rings. The van der Waals surface area contributed by atoms with Crippen LogP contribution in [0, 0.1) is 12.7 Å². The monoisotopic (exact) mass is 192 g/mol. The molecule has 0 aliphatic heterocycles. The van der Waals surface area contributed by atoms with Crippen LogP contribution >= 0.6 is 23.2 Å². The lowest BCUT2D eigenvalue weighted by Crippen LogP contribution is -1.87. The maximum atomic E-state index is 12.9. The molecule has 0 saturated carbocycles. The van der Waals surface area contributed by atoms with E-state index in [1.54, 1.807) is 13.0 Å². The fraction of sp³-hybridized carbons (Fsp3) is 0.250. The normalized spacial score (nSPS) is 10.2. The van der Waals surface area contributed by atoms with Gasteiger partial charge in [0.2, 0.25) is 0 Å². The van der Waals surface area contributed by atoms with Crippen LogP contribution in [0.2, 0.25) is 5.02 Å². The highest BCUT2D eigenvalue weighted by Gasteiger charge is 2.03. The van der Waals surface area contributed by atoms with Gasteiger partial charge in [0, 0.05) is 16.5 Å². The van der Waals surface area contributed by atoms with Gasteiger partial charge >= 0.3 is 0 Å². The average molecular weight is 193 g/mol. The number of hydrogen-bond acceptors (Lipinski definition) is 0. The Morgan fingerprint density at radius 3 is 2.55 bits per heavy atom. The van der Waals surface area contributed by atoms with Gasteiger partial charge in [0.1, 0.15) is 5.82 Å². The van der Waals surface area contributed by atoms with Gasteiger partial charge in [-0.15, -0.1) is 11.6 Å². The Balaban J connectivity index is 3.21. The third-order valence-corrected chi connectivity index (χ3v) is 2.20. The molecule has 0 N–H and O–H groups in total. The molecule has 0 radical (unpaired) electrons. The quantitative estimate of drug-likeness (QED) is 0.598. The summed E-state index contributed by atoms with van der Waals surface area (Å²) >= 11 is 11.2. The SMILES string of the molecule is Cc1c(F)cc(CCl)cc1Cl. The summed E-state index contributed by atoms with van der Waals surface area (Å²) in [6, 6.07) is 3.07. The van der Waals surface area contributed by atoms with Crippen LogP contribution in [0.5, 0.6) is 0 Å². The summed E-state index contributed by atoms with van der Waals surface area (Å²) in [5.41, 5.74) is 1.18. The molecule has 1 rings (SSSR count). The third kappa shape index (κ3) is 1.85. The van der Waals surface area contributed by atoms with E-state index in [4.69, 9.17) is 23.2 Å². The van der Waals surface area contributed by atoms with Gasteiger partial charge < -0.3 is 0 Å². The maximum Gasteiger partial charge on any atom is 0.127 e. The van der Waals surface area contributed by atoms with Gasteiger partial charge in [-0.3, -0.25) is 0 Å². The zero-order valence-corrected chi connectivity index (χ0v) is 7.51. The first-order chi connectivity index (χ1) is 5.15. The fourth-order valence-electron chi connectivity index (χ4n) is 0.775. The summed E-state index contributed by atoms with van der Waals surface area (Å²) in [5.74, 6) is -0.00940. The zero-order chi connectivity index (χ0) is 8.43. The average Bonchev–Trinajstić information content (AvgIpc) is 1.99. The zero-order valence-electron chi connectivity index (χ0n) is 6.00. The van der Waals surface area contributed by atoms with E-state index in [2.05, 4.69) is 0 Å². The molecular weight excluding hydrogens is 186 g/mol. The van der Waals surface area contributed by atoms with Crippen LogP contribution in [-0.4, -0.2) is 0 Å². The Hall–Kier alpha value is -0.270. The number of hydrogen-bond donors (Lipinski definition) is 0. The molecule has 0 spiro atoms. The van der Waals surface area contributed by atoms with E-state index in [0.717, 1.165) is 0 Å². The first-order valence-electron chi connectivity index (χ1n) is 3.15. The Morgan fingerprint density at radius 2 is 2.09 bits per heavy atom. The molecule has 1 aromatic carbocycles. The lowest BCUT2D eigenvalue weighted by atomic mass is 10.1. The van der Waals surface area contributed by atoms with Crippen molar-refractivity contribution in [2.45, 2.75) is 12.8 Å². The second-order valence-corrected chi connectivity index (χ2v) is 2.99. The van der Waals surface area contributed by atoms with E-state index in [9.17, 15) is 4.39 Å². The van der Waals surface area contributed by atoms with Crippen molar-refractivity contribution in [3.63, 3.8) is 0 Å². The first-order valence-corrected chi connectivity index (χ1v) is 4.07. The molecule has 11 heavy (non-hydrogen) atoms. The van der Waals surface area contributed by atoms with E-state index in [1.807, 2.05) is 0 Å². The lowest BCUT2D eigenvalue weighted by molar-refractivity contribution is 0.617. The first kappa shape index (κ1) is 8.82. The van der Waals surface area contributed by atoms with Crippen molar-refractivity contribution < 1.29 is 4.39 Å². The molecule has 0 heterocycles. The van der Waals surface area contributed by atoms with Crippen molar-refractivity contribution in [1.29, 1.82) is 0 Å². The van der Waals surface area contributed by atoms with Crippen molar-refractivity contribution in [2.24, 2.45) is 0 Å². The highest BCUT2D eigenvalue weighted by Crippen LogP contribution is 2.21. The molecule has 1 aromatic rings. The van der Waals surface area contributed by atoms with E-state index >= 15 is 0 Å². The molecule has 0 nitrogen and oxygen atoms in total. The summed E-state index contributed by atoms with van der Waals surface area (Å²) in [4.78, 5) is 0. The van der Waals surface area contributed by atoms with Crippen LogP contribution in [-0.2, 0) is 5.88 Å². The van der Waals surface area contributed by atoms with Crippen LogP contribution in [0.1, 0.15) is 11.1 Å². The molecule has 0 aliphatic rings. The minimum Gasteiger partial charge on any atom is -0.207 e. The Labute approximate surface area is 74.9 Å². The number of rotatable bonds is 1. The standard InChI is InChI=1S/C8H7Cl2F/c1-5-7(10)2-6(4-9)3-8(5)11/h2-3H,4H2,1H3. The summed E-state index contributed by atoms with van der Waals surface area (Å²) in [6.07, 6.45) is 0. The van der Waals surface area contributed by atoms with Gasteiger partial charge in [-0.2, -0.15) is 0 Å². The molecule has 0 amide bonds. The van der Waals surface area contributed by atoms with Gasteiger partial charge in [0.05, 0.1) is 0 Å². The predicted molar refractivity (Wildman–Crippen MR) is 45.7 cm³/mol. The summed E-state index contributed by atoms with van der Waals surface area (Å²) in [6.45, 7) is 1.63. The van der Waals surface area contributed by atoms with Gasteiger partial charge in [0.15, 0.2) is 0 Å². The van der Waals surface area contributed by atoms with Crippen LogP contribution in [0.4, 0.5) is 4.39 Å². The van der Waals surface area contributed by atoms with Crippen LogP contribution in [0.25, 0.3) is 0 Å². The molecule has 3 heteroatoms. The second-order valence-electron chi connectivity index (χ2n) is 2.32. The van der Waals surface area contributed by atoms with E-state index in [-0.39, 0.29) is 11.7 Å². The Kier molecular flexibility index (Phi) is 2.74. The van der Waals surface area contributed by atoms with E-state index in [0.29, 0.717) is 16.1 Å². The third-order valence-electron chi connectivity index (χ3n) is 1.50. The van der Waals surface area contributed by atoms with Crippen LogP contribution in [0.15, 0.2) is 12.1 Å². The summed E-state index contributed by atoms with van der Waals surface area (Å²) < 4.78 is 12.9. The summed E-state index contributed by atoms with van der Waals surface area (Å²) in [5, 5.41) is 0.431. The van der Waals surface area contributed by atoms with E-state index < -0.39 is 0 Å². The number of alkyl halides is 1.